The van der Waals surface area contributed by atoms with Gasteiger partial charge in [-0.2, -0.15) is 0 Å². The smallest absolute Gasteiger partial charge is 0.358 e. The van der Waals surface area contributed by atoms with E-state index in [2.05, 4.69) is 20.0 Å². The molecule has 2 N–H and O–H groups in total. The lowest BCUT2D eigenvalue weighted by atomic mass is 9.87. The quantitative estimate of drug-likeness (QED) is 0.796. The van der Waals surface area contributed by atoms with E-state index in [9.17, 15) is 9.90 Å². The SMILES string of the molecule is COC(=O)c1cnc(NCC2CCC(O)CC2)cn1. The lowest BCUT2D eigenvalue weighted by Crippen LogP contribution is -2.23. The summed E-state index contributed by atoms with van der Waals surface area (Å²) < 4.78 is 4.56. The fraction of sp³-hybridized carbons (Fsp3) is 0.615. The first-order chi connectivity index (χ1) is 9.19. The minimum absolute atomic E-state index is 0.129. The third-order valence-corrected chi connectivity index (χ3v) is 3.43. The number of ether oxygens (including phenoxy) is 1. The van der Waals surface area contributed by atoms with Gasteiger partial charge in [0.1, 0.15) is 5.82 Å². The Morgan fingerprint density at radius 2 is 2.11 bits per heavy atom. The van der Waals surface area contributed by atoms with Gasteiger partial charge in [-0.15, -0.1) is 0 Å². The van der Waals surface area contributed by atoms with Crippen LogP contribution >= 0.6 is 0 Å². The number of esters is 1. The Labute approximate surface area is 112 Å². The van der Waals surface area contributed by atoms with Crippen molar-refractivity contribution in [1.29, 1.82) is 0 Å². The van der Waals surface area contributed by atoms with E-state index in [1.54, 1.807) is 0 Å². The van der Waals surface area contributed by atoms with Gasteiger partial charge in [-0.1, -0.05) is 0 Å². The van der Waals surface area contributed by atoms with Gasteiger partial charge < -0.3 is 15.2 Å². The summed E-state index contributed by atoms with van der Waals surface area (Å²) in [5, 5.41) is 12.6. The van der Waals surface area contributed by atoms with Gasteiger partial charge in [0.15, 0.2) is 5.69 Å². The van der Waals surface area contributed by atoms with Gasteiger partial charge in [-0.05, 0) is 31.6 Å². The van der Waals surface area contributed by atoms with Crippen molar-refractivity contribution in [2.75, 3.05) is 19.0 Å². The van der Waals surface area contributed by atoms with Crippen LogP contribution < -0.4 is 5.32 Å². The second-order valence-electron chi connectivity index (χ2n) is 4.83. The van der Waals surface area contributed by atoms with Gasteiger partial charge in [0, 0.05) is 6.54 Å². The van der Waals surface area contributed by atoms with Gasteiger partial charge in [0.25, 0.3) is 0 Å². The maximum absolute atomic E-state index is 11.2. The molecule has 1 aromatic heterocycles. The summed E-state index contributed by atoms with van der Waals surface area (Å²) in [6, 6.07) is 0. The lowest BCUT2D eigenvalue weighted by molar-refractivity contribution is 0.0593. The summed E-state index contributed by atoms with van der Waals surface area (Å²) in [4.78, 5) is 19.3. The molecular formula is C13H19N3O3. The predicted molar refractivity (Wildman–Crippen MR) is 69.8 cm³/mol. The molecule has 2 rings (SSSR count). The van der Waals surface area contributed by atoms with Crippen LogP contribution in [0.1, 0.15) is 36.2 Å². The van der Waals surface area contributed by atoms with Crippen LogP contribution in [0.15, 0.2) is 12.4 Å². The summed E-state index contributed by atoms with van der Waals surface area (Å²) in [6.07, 6.45) is 6.61. The summed E-state index contributed by atoms with van der Waals surface area (Å²) in [6.45, 7) is 0.818. The van der Waals surface area contributed by atoms with Gasteiger partial charge in [-0.25, -0.2) is 14.8 Å². The van der Waals surface area contributed by atoms with E-state index in [0.717, 1.165) is 32.2 Å². The maximum atomic E-state index is 11.2. The monoisotopic (exact) mass is 265 g/mol. The molecule has 0 atom stereocenters. The number of nitrogens with zero attached hydrogens (tertiary/aromatic N) is 2. The molecule has 0 bridgehead atoms. The molecule has 1 aromatic rings. The normalized spacial score (nSPS) is 22.8. The molecule has 0 saturated heterocycles. The van der Waals surface area contributed by atoms with E-state index in [0.29, 0.717) is 11.7 Å². The first-order valence-electron chi connectivity index (χ1n) is 6.51. The molecule has 0 spiro atoms. The molecule has 1 fully saturated rings. The third kappa shape index (κ3) is 3.89. The number of nitrogens with one attached hydrogen (secondary N) is 1. The number of aliphatic hydroxyl groups is 1. The second-order valence-corrected chi connectivity index (χ2v) is 4.83. The number of carbonyl (C=O) groups is 1. The summed E-state index contributed by atoms with van der Waals surface area (Å²) in [5.74, 6) is 0.726. The molecule has 1 aliphatic carbocycles. The van der Waals surface area contributed by atoms with Crippen molar-refractivity contribution < 1.29 is 14.6 Å². The summed E-state index contributed by atoms with van der Waals surface area (Å²) in [5.41, 5.74) is 0.203. The number of hydrogen-bond acceptors (Lipinski definition) is 6. The minimum Gasteiger partial charge on any atom is -0.464 e. The summed E-state index contributed by atoms with van der Waals surface area (Å²) >= 11 is 0. The molecular weight excluding hydrogens is 246 g/mol. The first kappa shape index (κ1) is 13.7. The van der Waals surface area contributed by atoms with E-state index in [1.165, 1.54) is 19.5 Å². The zero-order valence-corrected chi connectivity index (χ0v) is 11.0. The number of hydrogen-bond donors (Lipinski definition) is 2. The van der Waals surface area contributed by atoms with E-state index >= 15 is 0 Å². The maximum Gasteiger partial charge on any atom is 0.358 e. The van der Waals surface area contributed by atoms with E-state index in [-0.39, 0.29) is 11.8 Å². The largest absolute Gasteiger partial charge is 0.464 e. The number of anilines is 1. The van der Waals surface area contributed by atoms with Crippen LogP contribution in [0.5, 0.6) is 0 Å². The van der Waals surface area contributed by atoms with Crippen molar-refractivity contribution in [1.82, 2.24) is 9.97 Å². The molecule has 0 amide bonds. The van der Waals surface area contributed by atoms with Crippen LogP contribution in [0.2, 0.25) is 0 Å². The van der Waals surface area contributed by atoms with Crippen LogP contribution in [-0.2, 0) is 4.74 Å². The highest BCUT2D eigenvalue weighted by molar-refractivity contribution is 5.86. The minimum atomic E-state index is -0.486. The molecule has 0 radical (unpaired) electrons. The van der Waals surface area contributed by atoms with Crippen molar-refractivity contribution in [3.63, 3.8) is 0 Å². The molecule has 0 aromatic carbocycles. The van der Waals surface area contributed by atoms with Crippen molar-refractivity contribution in [3.05, 3.63) is 18.1 Å². The molecule has 1 saturated carbocycles. The molecule has 1 aliphatic rings. The summed E-state index contributed by atoms with van der Waals surface area (Å²) in [7, 11) is 1.31. The highest BCUT2D eigenvalue weighted by Gasteiger charge is 2.19. The zero-order valence-electron chi connectivity index (χ0n) is 11.0. The van der Waals surface area contributed by atoms with Gasteiger partial charge in [-0.3, -0.25) is 0 Å². The molecule has 0 unspecified atom stereocenters. The number of aliphatic hydroxyl groups excluding tert-OH is 1. The highest BCUT2D eigenvalue weighted by Crippen LogP contribution is 2.24. The van der Waals surface area contributed by atoms with Crippen molar-refractivity contribution in [2.24, 2.45) is 5.92 Å². The van der Waals surface area contributed by atoms with E-state index < -0.39 is 5.97 Å². The highest BCUT2D eigenvalue weighted by atomic mass is 16.5. The van der Waals surface area contributed by atoms with Crippen LogP contribution in [0.25, 0.3) is 0 Å². The Morgan fingerprint density at radius 3 is 2.68 bits per heavy atom. The topological polar surface area (TPSA) is 84.3 Å². The number of methoxy groups -OCH3 is 1. The van der Waals surface area contributed by atoms with Gasteiger partial charge in [0.05, 0.1) is 25.6 Å². The van der Waals surface area contributed by atoms with E-state index in [1.807, 2.05) is 0 Å². The van der Waals surface area contributed by atoms with Gasteiger partial charge >= 0.3 is 5.97 Å². The second kappa shape index (κ2) is 6.47. The number of carbonyl (C=O) groups excluding carboxylic acids is 1. The lowest BCUT2D eigenvalue weighted by Gasteiger charge is -2.25. The fourth-order valence-electron chi connectivity index (χ4n) is 2.23. The Morgan fingerprint density at radius 1 is 1.37 bits per heavy atom. The Bertz CT molecular complexity index is 414. The van der Waals surface area contributed by atoms with Crippen molar-refractivity contribution in [3.8, 4) is 0 Å². The first-order valence-corrected chi connectivity index (χ1v) is 6.51. The molecule has 0 aliphatic heterocycles. The Hall–Kier alpha value is -1.69. The van der Waals surface area contributed by atoms with Crippen molar-refractivity contribution in [2.45, 2.75) is 31.8 Å². The number of aromatic nitrogens is 2. The van der Waals surface area contributed by atoms with Gasteiger partial charge in [0.2, 0.25) is 0 Å². The van der Waals surface area contributed by atoms with E-state index in [4.69, 9.17) is 0 Å². The zero-order chi connectivity index (χ0) is 13.7. The average molecular weight is 265 g/mol. The Balaban J connectivity index is 1.81. The van der Waals surface area contributed by atoms with Crippen LogP contribution in [-0.4, -0.2) is 40.8 Å². The average Bonchev–Trinajstić information content (AvgIpc) is 2.46. The molecule has 6 nitrogen and oxygen atoms in total. The Kier molecular flexibility index (Phi) is 4.68. The van der Waals surface area contributed by atoms with Crippen LogP contribution in [0.4, 0.5) is 5.82 Å². The standard InChI is InChI=1S/C13H19N3O3/c1-19-13(18)11-7-16-12(8-14-11)15-6-9-2-4-10(17)5-3-9/h7-10,17H,2-6H2,1H3,(H,15,16). The van der Waals surface area contributed by atoms with Crippen LogP contribution in [0.3, 0.4) is 0 Å². The third-order valence-electron chi connectivity index (χ3n) is 3.43. The van der Waals surface area contributed by atoms with Crippen molar-refractivity contribution >= 4 is 11.8 Å². The molecule has 1 heterocycles. The predicted octanol–water partition coefficient (Wildman–Crippen LogP) is 1.23. The number of rotatable bonds is 4. The van der Waals surface area contributed by atoms with Crippen LogP contribution in [0, 0.1) is 5.92 Å². The molecule has 104 valence electrons. The molecule has 6 heteroatoms. The fourth-order valence-corrected chi connectivity index (χ4v) is 2.23. The molecule has 19 heavy (non-hydrogen) atoms.